The molecular weight excluding hydrogens is 442 g/mol. The zero-order chi connectivity index (χ0) is 24.9. The first kappa shape index (κ1) is 28.4. The van der Waals surface area contributed by atoms with Gasteiger partial charge in [0.05, 0.1) is 17.7 Å². The molecule has 0 aromatic heterocycles. The van der Waals surface area contributed by atoms with Crippen molar-refractivity contribution < 1.29 is 4.74 Å². The maximum atomic E-state index is 6.31. The Labute approximate surface area is 216 Å². The number of nitrogens with zero attached hydrogens (tertiary/aromatic N) is 1. The molecule has 0 aromatic rings. The molecule has 2 aliphatic carbocycles. The van der Waals surface area contributed by atoms with Gasteiger partial charge in [-0.1, -0.05) is 39.8 Å². The summed E-state index contributed by atoms with van der Waals surface area (Å²) < 4.78 is 5.87. The Bertz CT molecular complexity index is 644. The fourth-order valence-corrected chi connectivity index (χ4v) is 6.72. The molecule has 34 heavy (non-hydrogen) atoms. The first-order valence-corrected chi connectivity index (χ1v) is 14.5. The Morgan fingerprint density at radius 3 is 2.47 bits per heavy atom. The molecule has 1 saturated heterocycles. The molecule has 4 nitrogen and oxygen atoms in total. The van der Waals surface area contributed by atoms with E-state index in [0.29, 0.717) is 36.1 Å². The molecular formula is C29H54ClN3O. The minimum absolute atomic E-state index is 0.0690. The van der Waals surface area contributed by atoms with Crippen LogP contribution >= 0.6 is 11.6 Å². The summed E-state index contributed by atoms with van der Waals surface area (Å²) in [7, 11) is 0. The summed E-state index contributed by atoms with van der Waals surface area (Å²) in [6.45, 7) is 21.5. The normalized spacial score (nSPS) is 33.5. The maximum Gasteiger partial charge on any atom is 0.0974 e. The average Bonchev–Trinajstić information content (AvgIpc) is 3.18. The zero-order valence-electron chi connectivity index (χ0n) is 23.2. The highest BCUT2D eigenvalue weighted by atomic mass is 35.5. The molecule has 3 rings (SSSR count). The third-order valence-corrected chi connectivity index (χ3v) is 8.96. The number of alkyl halides is 1. The minimum atomic E-state index is -0.0690. The van der Waals surface area contributed by atoms with Crippen molar-refractivity contribution in [2.45, 2.75) is 110 Å². The van der Waals surface area contributed by atoms with Gasteiger partial charge in [0.25, 0.3) is 0 Å². The molecule has 3 aliphatic rings. The summed E-state index contributed by atoms with van der Waals surface area (Å²) in [4.78, 5) is 2.74. The van der Waals surface area contributed by atoms with Gasteiger partial charge in [-0.3, -0.25) is 5.32 Å². The highest BCUT2D eigenvalue weighted by Crippen LogP contribution is 2.43. The number of hydrogen-bond donors (Lipinski definition) is 2. The molecule has 2 N–H and O–H groups in total. The first-order chi connectivity index (χ1) is 15.9. The van der Waals surface area contributed by atoms with Crippen molar-refractivity contribution in [3.05, 3.63) is 12.2 Å². The van der Waals surface area contributed by atoms with Gasteiger partial charge < -0.3 is 15.0 Å². The van der Waals surface area contributed by atoms with Crippen molar-refractivity contribution in [3.63, 3.8) is 0 Å². The number of likely N-dealkylation sites (tertiary alicyclic amines) is 1. The van der Waals surface area contributed by atoms with E-state index in [1.807, 2.05) is 0 Å². The first-order valence-electron chi connectivity index (χ1n) is 14.1. The third-order valence-electron chi connectivity index (χ3n) is 8.60. The number of halogens is 1. The summed E-state index contributed by atoms with van der Waals surface area (Å²) in [5.41, 5.74) is 0.286. The topological polar surface area (TPSA) is 36.5 Å². The number of nitrogens with one attached hydrogen (secondary N) is 2. The summed E-state index contributed by atoms with van der Waals surface area (Å²) in [6, 6.07) is 1.17. The minimum Gasteiger partial charge on any atom is -0.361 e. The summed E-state index contributed by atoms with van der Waals surface area (Å²) in [5.74, 6) is 2.92. The molecule has 198 valence electrons. The lowest BCUT2D eigenvalue weighted by Gasteiger charge is -2.48. The Morgan fingerprint density at radius 1 is 1.09 bits per heavy atom. The maximum absolute atomic E-state index is 6.31. The predicted octanol–water partition coefficient (Wildman–Crippen LogP) is 6.05. The van der Waals surface area contributed by atoms with Gasteiger partial charge in [-0.05, 0) is 101 Å². The largest absolute Gasteiger partial charge is 0.361 e. The van der Waals surface area contributed by atoms with E-state index < -0.39 is 0 Å². The Morgan fingerprint density at radius 2 is 1.85 bits per heavy atom. The molecule has 1 heterocycles. The highest BCUT2D eigenvalue weighted by Gasteiger charge is 2.40. The highest BCUT2D eigenvalue weighted by molar-refractivity contribution is 6.21. The molecule has 1 saturated carbocycles. The number of rotatable bonds is 10. The van der Waals surface area contributed by atoms with Crippen LogP contribution in [0.4, 0.5) is 0 Å². The van der Waals surface area contributed by atoms with E-state index in [2.05, 4.69) is 76.2 Å². The molecule has 3 unspecified atom stereocenters. The number of piperidine rings is 1. The zero-order valence-corrected chi connectivity index (χ0v) is 24.0. The van der Waals surface area contributed by atoms with Crippen LogP contribution in [0.3, 0.4) is 0 Å². The van der Waals surface area contributed by atoms with Crippen molar-refractivity contribution >= 4 is 11.6 Å². The molecule has 2 fully saturated rings. The van der Waals surface area contributed by atoms with E-state index >= 15 is 0 Å². The van der Waals surface area contributed by atoms with Gasteiger partial charge in [-0.15, -0.1) is 11.6 Å². The fraction of sp³-hybridized carbons (Fsp3) is 0.931. The smallest absolute Gasteiger partial charge is 0.0974 e. The lowest BCUT2D eigenvalue weighted by molar-refractivity contribution is -0.0170. The summed E-state index contributed by atoms with van der Waals surface area (Å²) in [6.07, 6.45) is 12.2. The molecule has 1 aliphatic heterocycles. The average molecular weight is 496 g/mol. The molecule has 0 radical (unpaired) electrons. The van der Waals surface area contributed by atoms with E-state index in [1.165, 1.54) is 51.7 Å². The molecule has 6 atom stereocenters. The van der Waals surface area contributed by atoms with E-state index in [9.17, 15) is 0 Å². The second-order valence-electron chi connectivity index (χ2n) is 13.5. The van der Waals surface area contributed by atoms with Crippen LogP contribution in [0.25, 0.3) is 0 Å². The molecule has 0 aromatic carbocycles. The monoisotopic (exact) mass is 495 g/mol. The van der Waals surface area contributed by atoms with Crippen LogP contribution in [-0.4, -0.2) is 60.9 Å². The van der Waals surface area contributed by atoms with Crippen molar-refractivity contribution in [1.82, 2.24) is 15.5 Å². The van der Waals surface area contributed by atoms with Gasteiger partial charge in [0.2, 0.25) is 0 Å². The Hall–Kier alpha value is -0.130. The van der Waals surface area contributed by atoms with Crippen LogP contribution in [-0.2, 0) is 4.74 Å². The number of ether oxygens (including phenoxy) is 1. The fourth-order valence-electron chi connectivity index (χ4n) is 6.51. The van der Waals surface area contributed by atoms with Crippen LogP contribution in [0.1, 0.15) is 87.0 Å². The Kier molecular flexibility index (Phi) is 10.4. The van der Waals surface area contributed by atoms with Gasteiger partial charge in [0.15, 0.2) is 0 Å². The lowest BCUT2D eigenvalue weighted by atomic mass is 9.65. The molecule has 5 heteroatoms. The summed E-state index contributed by atoms with van der Waals surface area (Å²) in [5, 5.41) is 7.86. The molecule has 0 spiro atoms. The Balaban J connectivity index is 1.43. The van der Waals surface area contributed by atoms with Crippen LogP contribution in [0.15, 0.2) is 12.2 Å². The van der Waals surface area contributed by atoms with Crippen molar-refractivity contribution in [3.8, 4) is 0 Å². The summed E-state index contributed by atoms with van der Waals surface area (Å²) >= 11 is 6.31. The van der Waals surface area contributed by atoms with E-state index in [-0.39, 0.29) is 11.0 Å². The van der Waals surface area contributed by atoms with E-state index in [0.717, 1.165) is 24.8 Å². The molecule has 0 bridgehead atoms. The van der Waals surface area contributed by atoms with Crippen molar-refractivity contribution in [2.24, 2.45) is 29.1 Å². The van der Waals surface area contributed by atoms with Gasteiger partial charge in [0, 0.05) is 25.2 Å². The number of allylic oxidation sites excluding steroid dienone is 2. The lowest BCUT2D eigenvalue weighted by Crippen LogP contribution is -2.53. The molecule has 0 amide bonds. The van der Waals surface area contributed by atoms with Crippen LogP contribution < -0.4 is 10.6 Å². The standard InChI is InChI=1S/C29H54ClN3O/c1-21(2)27(31-17-22-8-13-25(16-22)32-20-34-28(3,4)5)18-33-15-14-26(29(6,7)19-33)23-9-11-24(30)12-10-23/h9,11,21-27,31-32H,8,10,12-20H2,1-7H3/t22-,23?,24?,25+,26?,27+/m1/s1. The van der Waals surface area contributed by atoms with Gasteiger partial charge >= 0.3 is 0 Å². The van der Waals surface area contributed by atoms with Gasteiger partial charge in [-0.2, -0.15) is 0 Å². The van der Waals surface area contributed by atoms with E-state index in [4.69, 9.17) is 16.3 Å². The van der Waals surface area contributed by atoms with Crippen LogP contribution in [0, 0.1) is 29.1 Å². The number of hydrogen-bond acceptors (Lipinski definition) is 4. The third kappa shape index (κ3) is 8.76. The van der Waals surface area contributed by atoms with Crippen LogP contribution in [0.5, 0.6) is 0 Å². The predicted molar refractivity (Wildman–Crippen MR) is 146 cm³/mol. The van der Waals surface area contributed by atoms with Crippen molar-refractivity contribution in [2.75, 3.05) is 32.9 Å². The van der Waals surface area contributed by atoms with Gasteiger partial charge in [-0.25, -0.2) is 0 Å². The SMILES string of the molecule is CC(C)[C@H](CN1CCC(C2C=CC(Cl)CC2)C(C)(C)C1)NC[C@@H]1CC[C@H](NCOC(C)(C)C)C1. The second-order valence-corrected chi connectivity index (χ2v) is 14.1. The quantitative estimate of drug-likeness (QED) is 0.219. The van der Waals surface area contributed by atoms with Crippen LogP contribution in [0.2, 0.25) is 0 Å². The second kappa shape index (κ2) is 12.4. The van der Waals surface area contributed by atoms with E-state index in [1.54, 1.807) is 0 Å². The van der Waals surface area contributed by atoms with Crippen molar-refractivity contribution in [1.29, 1.82) is 0 Å². The van der Waals surface area contributed by atoms with Gasteiger partial charge in [0.1, 0.15) is 0 Å².